The second kappa shape index (κ2) is 8.17. The molecule has 2 aromatic carbocycles. The van der Waals surface area contributed by atoms with Crippen molar-refractivity contribution >= 4 is 27.7 Å². The van der Waals surface area contributed by atoms with E-state index < -0.39 is 0 Å². The van der Waals surface area contributed by atoms with Crippen molar-refractivity contribution in [3.8, 4) is 0 Å². The molecule has 0 amide bonds. The quantitative estimate of drug-likeness (QED) is 0.507. The van der Waals surface area contributed by atoms with Crippen molar-refractivity contribution < 1.29 is 14.3 Å². The number of hydrogen-bond donors (Lipinski definition) is 0. The van der Waals surface area contributed by atoms with Gasteiger partial charge < -0.3 is 9.47 Å². The molecule has 1 aliphatic heterocycles. The van der Waals surface area contributed by atoms with Crippen molar-refractivity contribution in [3.63, 3.8) is 0 Å². The van der Waals surface area contributed by atoms with Crippen LogP contribution in [-0.4, -0.2) is 12.6 Å². The molecule has 0 spiro atoms. The van der Waals surface area contributed by atoms with Gasteiger partial charge in [-0.25, -0.2) is 4.79 Å². The van der Waals surface area contributed by atoms with Crippen LogP contribution in [0.1, 0.15) is 30.4 Å². The summed E-state index contributed by atoms with van der Waals surface area (Å²) in [4.78, 5) is 11.8. The molecule has 128 valence electrons. The molecule has 0 aliphatic carbocycles. The van der Waals surface area contributed by atoms with Crippen molar-refractivity contribution in [1.29, 1.82) is 0 Å². The first-order valence-corrected chi connectivity index (χ1v) is 9.03. The molecule has 0 fully saturated rings. The van der Waals surface area contributed by atoms with E-state index in [2.05, 4.69) is 34.1 Å². The van der Waals surface area contributed by atoms with E-state index >= 15 is 0 Å². The first-order valence-electron chi connectivity index (χ1n) is 8.23. The molecule has 2 aromatic rings. The molecule has 25 heavy (non-hydrogen) atoms. The third-order valence-electron chi connectivity index (χ3n) is 3.94. The van der Waals surface area contributed by atoms with Crippen LogP contribution in [0.15, 0.2) is 77.0 Å². The highest BCUT2D eigenvalue weighted by Gasteiger charge is 2.22. The van der Waals surface area contributed by atoms with E-state index in [1.54, 1.807) is 6.92 Å². The predicted molar refractivity (Wildman–Crippen MR) is 102 cm³/mol. The van der Waals surface area contributed by atoms with Crippen molar-refractivity contribution in [1.82, 2.24) is 0 Å². The number of ether oxygens (including phenoxy) is 2. The maximum atomic E-state index is 11.8. The number of allylic oxidation sites excluding steroid dienone is 2. The number of esters is 1. The smallest absolute Gasteiger partial charge is 0.334 e. The molecule has 0 bridgehead atoms. The van der Waals surface area contributed by atoms with Crippen molar-refractivity contribution in [2.45, 2.75) is 19.3 Å². The minimum atomic E-state index is -0.374. The maximum Gasteiger partial charge on any atom is 0.334 e. The maximum absolute atomic E-state index is 11.8. The summed E-state index contributed by atoms with van der Waals surface area (Å²) in [5.41, 5.74) is 2.16. The molecule has 0 saturated heterocycles. The third kappa shape index (κ3) is 4.60. The molecule has 1 atom stereocenters. The van der Waals surface area contributed by atoms with Crippen molar-refractivity contribution in [2.24, 2.45) is 0 Å². The Bertz CT molecular complexity index is 792. The van der Waals surface area contributed by atoms with Gasteiger partial charge >= 0.3 is 5.97 Å². The highest BCUT2D eigenvalue weighted by molar-refractivity contribution is 9.10. The van der Waals surface area contributed by atoms with Gasteiger partial charge in [0.25, 0.3) is 0 Å². The summed E-state index contributed by atoms with van der Waals surface area (Å²) in [5, 5.41) is 0. The van der Waals surface area contributed by atoms with Crippen molar-refractivity contribution in [3.05, 3.63) is 88.1 Å². The highest BCUT2D eigenvalue weighted by Crippen LogP contribution is 2.36. The molecule has 0 radical (unpaired) electrons. The zero-order valence-electron chi connectivity index (χ0n) is 13.9. The van der Waals surface area contributed by atoms with E-state index in [0.29, 0.717) is 18.8 Å². The minimum absolute atomic E-state index is 0.137. The van der Waals surface area contributed by atoms with Crippen LogP contribution in [0, 0.1) is 0 Å². The number of rotatable bonds is 4. The Kier molecular flexibility index (Phi) is 5.71. The molecule has 1 heterocycles. The van der Waals surface area contributed by atoms with E-state index in [1.807, 2.05) is 42.5 Å². The Labute approximate surface area is 156 Å². The van der Waals surface area contributed by atoms with Crippen LogP contribution in [0.2, 0.25) is 0 Å². The number of carbonyl (C=O) groups excluding carboxylic acids is 1. The Balaban J connectivity index is 1.95. The highest BCUT2D eigenvalue weighted by atomic mass is 79.9. The molecule has 4 heteroatoms. The average Bonchev–Trinajstić information content (AvgIpc) is 2.63. The van der Waals surface area contributed by atoms with Gasteiger partial charge in [-0.15, -0.1) is 0 Å². The Morgan fingerprint density at radius 1 is 1.20 bits per heavy atom. The van der Waals surface area contributed by atoms with E-state index in [0.717, 1.165) is 15.8 Å². The van der Waals surface area contributed by atoms with E-state index in [-0.39, 0.29) is 11.9 Å². The lowest BCUT2D eigenvalue weighted by molar-refractivity contribution is -0.137. The summed E-state index contributed by atoms with van der Waals surface area (Å²) in [6.07, 6.45) is 4.18. The lowest BCUT2D eigenvalue weighted by atomic mass is 9.91. The summed E-state index contributed by atoms with van der Waals surface area (Å²) < 4.78 is 12.0. The number of benzene rings is 2. The molecule has 0 saturated carbocycles. The summed E-state index contributed by atoms with van der Waals surface area (Å²) in [7, 11) is 0. The summed E-state index contributed by atoms with van der Waals surface area (Å²) >= 11 is 3.47. The SMILES string of the molecule is CCOC(=O)/C=C1/C[C@@H](c2ccc(Br)cc2)C=C(c2ccccc2)O1. The van der Waals surface area contributed by atoms with Gasteiger partial charge in [-0.1, -0.05) is 58.4 Å². The number of hydrogen-bond acceptors (Lipinski definition) is 3. The van der Waals surface area contributed by atoms with Crippen molar-refractivity contribution in [2.75, 3.05) is 6.61 Å². The fraction of sp³-hybridized carbons (Fsp3) is 0.190. The molecule has 1 aliphatic rings. The Hall–Kier alpha value is -2.33. The fourth-order valence-electron chi connectivity index (χ4n) is 2.76. The van der Waals surface area contributed by atoms with E-state index in [4.69, 9.17) is 9.47 Å². The van der Waals surface area contributed by atoms with Gasteiger partial charge in [0.2, 0.25) is 0 Å². The Morgan fingerprint density at radius 2 is 1.92 bits per heavy atom. The van der Waals surface area contributed by atoms with Crippen LogP contribution >= 0.6 is 15.9 Å². The normalized spacial score (nSPS) is 18.4. The number of halogens is 1. The lowest BCUT2D eigenvalue weighted by Crippen LogP contribution is -2.10. The van der Waals surface area contributed by atoms with Gasteiger partial charge in [0.1, 0.15) is 11.5 Å². The predicted octanol–water partition coefficient (Wildman–Crippen LogP) is 5.44. The molecular formula is C21H19BrO3. The second-order valence-corrected chi connectivity index (χ2v) is 6.64. The largest absolute Gasteiger partial charge is 0.463 e. The lowest BCUT2D eigenvalue weighted by Gasteiger charge is -2.25. The topological polar surface area (TPSA) is 35.5 Å². The molecule has 3 nitrogen and oxygen atoms in total. The minimum Gasteiger partial charge on any atom is -0.463 e. The van der Waals surface area contributed by atoms with Crippen LogP contribution in [0.25, 0.3) is 5.76 Å². The third-order valence-corrected chi connectivity index (χ3v) is 4.47. The Morgan fingerprint density at radius 3 is 2.60 bits per heavy atom. The molecule has 0 N–H and O–H groups in total. The number of carbonyl (C=O) groups is 1. The van der Waals surface area contributed by atoms with Crippen LogP contribution in [-0.2, 0) is 14.3 Å². The van der Waals surface area contributed by atoms with E-state index in [1.165, 1.54) is 11.6 Å². The molecule has 0 aromatic heterocycles. The molecule has 0 unspecified atom stereocenters. The van der Waals surface area contributed by atoms with Crippen LogP contribution in [0.4, 0.5) is 0 Å². The zero-order chi connectivity index (χ0) is 17.6. The van der Waals surface area contributed by atoms with Gasteiger partial charge in [-0.2, -0.15) is 0 Å². The van der Waals surface area contributed by atoms with Crippen LogP contribution in [0.3, 0.4) is 0 Å². The van der Waals surface area contributed by atoms with Gasteiger partial charge in [0.15, 0.2) is 0 Å². The summed E-state index contributed by atoms with van der Waals surface area (Å²) in [5.74, 6) is 1.14. The summed E-state index contributed by atoms with van der Waals surface area (Å²) in [6, 6.07) is 18.1. The van der Waals surface area contributed by atoms with Gasteiger partial charge in [0, 0.05) is 22.4 Å². The first-order chi connectivity index (χ1) is 12.2. The standard InChI is InChI=1S/C21H19BrO3/c1-2-24-21(23)14-19-12-17(15-8-10-18(22)11-9-15)13-20(25-19)16-6-4-3-5-7-16/h3-11,13-14,17H,2,12H2,1H3/b19-14-/t17-/m1/s1. The fourth-order valence-corrected chi connectivity index (χ4v) is 3.03. The molecular weight excluding hydrogens is 380 g/mol. The average molecular weight is 399 g/mol. The van der Waals surface area contributed by atoms with Crippen LogP contribution in [0.5, 0.6) is 0 Å². The zero-order valence-corrected chi connectivity index (χ0v) is 15.5. The van der Waals surface area contributed by atoms with E-state index in [9.17, 15) is 4.79 Å². The second-order valence-electron chi connectivity index (χ2n) is 5.72. The van der Waals surface area contributed by atoms with Gasteiger partial charge in [0.05, 0.1) is 12.7 Å². The van der Waals surface area contributed by atoms with Crippen LogP contribution < -0.4 is 0 Å². The first kappa shape index (κ1) is 17.5. The summed E-state index contributed by atoms with van der Waals surface area (Å²) in [6.45, 7) is 2.14. The monoisotopic (exact) mass is 398 g/mol. The van der Waals surface area contributed by atoms with Gasteiger partial charge in [-0.05, 0) is 30.7 Å². The van der Waals surface area contributed by atoms with Gasteiger partial charge in [-0.3, -0.25) is 0 Å². The molecule has 3 rings (SSSR count).